The molecule has 140 valence electrons. The first-order valence-electron chi connectivity index (χ1n) is 7.93. The number of alkyl halides is 3. The van der Waals surface area contributed by atoms with Crippen LogP contribution in [0.1, 0.15) is 22.9 Å². The summed E-state index contributed by atoms with van der Waals surface area (Å²) in [6, 6.07) is 15.0. The third-order valence-corrected chi connectivity index (χ3v) is 3.75. The lowest BCUT2D eigenvalue weighted by Gasteiger charge is -2.19. The molecule has 0 amide bonds. The predicted molar refractivity (Wildman–Crippen MR) is 88.0 cm³/mol. The lowest BCUT2D eigenvalue weighted by atomic mass is 10.0. The van der Waals surface area contributed by atoms with Gasteiger partial charge >= 0.3 is 12.1 Å². The molecule has 3 rings (SSSR count). The third-order valence-electron chi connectivity index (χ3n) is 3.75. The number of nitrogens with zero attached hydrogens (tertiary/aromatic N) is 2. The monoisotopic (exact) mass is 378 g/mol. The van der Waals surface area contributed by atoms with Gasteiger partial charge in [-0.15, -0.1) is 0 Å². The Labute approximate surface area is 152 Å². The van der Waals surface area contributed by atoms with E-state index in [2.05, 4.69) is 5.10 Å². The van der Waals surface area contributed by atoms with Crippen molar-refractivity contribution in [1.82, 2.24) is 9.78 Å². The van der Waals surface area contributed by atoms with Crippen molar-refractivity contribution in [2.75, 3.05) is 0 Å². The fourth-order valence-electron chi connectivity index (χ4n) is 2.50. The van der Waals surface area contributed by atoms with E-state index >= 15 is 0 Å². The molecule has 0 N–H and O–H groups in total. The van der Waals surface area contributed by atoms with Crippen LogP contribution in [0, 0.1) is 5.82 Å². The molecule has 8 heteroatoms. The summed E-state index contributed by atoms with van der Waals surface area (Å²) in [5.41, 5.74) is 0.0924. The number of halogens is 4. The number of benzene rings is 2. The maximum absolute atomic E-state index is 13.2. The van der Waals surface area contributed by atoms with Gasteiger partial charge in [0, 0.05) is 6.20 Å². The Morgan fingerprint density at radius 1 is 1.00 bits per heavy atom. The molecule has 4 nitrogen and oxygen atoms in total. The zero-order valence-corrected chi connectivity index (χ0v) is 13.9. The Morgan fingerprint density at radius 2 is 1.63 bits per heavy atom. The normalized spacial score (nSPS) is 12.6. The zero-order valence-electron chi connectivity index (χ0n) is 13.9. The van der Waals surface area contributed by atoms with E-state index in [0.717, 1.165) is 16.9 Å². The molecule has 3 aromatic rings. The molecular weight excluding hydrogens is 364 g/mol. The minimum absolute atomic E-state index is 0.437. The second-order valence-corrected chi connectivity index (χ2v) is 5.73. The highest BCUT2D eigenvalue weighted by molar-refractivity contribution is 5.69. The molecular formula is C19H14F4N2O2. The Kier molecular flexibility index (Phi) is 5.25. The van der Waals surface area contributed by atoms with E-state index in [1.807, 2.05) is 0 Å². The first-order chi connectivity index (χ1) is 12.8. The first-order valence-corrected chi connectivity index (χ1v) is 7.93. The van der Waals surface area contributed by atoms with Gasteiger partial charge in [0.15, 0.2) is 11.8 Å². The van der Waals surface area contributed by atoms with E-state index in [0.29, 0.717) is 11.1 Å². The Balaban J connectivity index is 1.78. The van der Waals surface area contributed by atoms with E-state index in [4.69, 9.17) is 4.74 Å². The number of esters is 1. The van der Waals surface area contributed by atoms with Crippen LogP contribution in [0.4, 0.5) is 17.6 Å². The zero-order chi connectivity index (χ0) is 19.4. The summed E-state index contributed by atoms with van der Waals surface area (Å²) in [6.07, 6.45) is -4.35. The Bertz CT molecular complexity index is 905. The Hall–Kier alpha value is -3.16. The molecule has 0 aliphatic heterocycles. The van der Waals surface area contributed by atoms with Gasteiger partial charge < -0.3 is 4.74 Å². The van der Waals surface area contributed by atoms with Crippen molar-refractivity contribution in [3.63, 3.8) is 0 Å². The molecule has 0 spiro atoms. The van der Waals surface area contributed by atoms with Crippen LogP contribution in [-0.2, 0) is 22.3 Å². The van der Waals surface area contributed by atoms with Gasteiger partial charge in [-0.25, -0.2) is 4.39 Å². The molecule has 0 aliphatic carbocycles. The fraction of sp³-hybridized carbons (Fsp3) is 0.158. The van der Waals surface area contributed by atoms with Crippen molar-refractivity contribution in [1.29, 1.82) is 0 Å². The van der Waals surface area contributed by atoms with E-state index in [1.54, 1.807) is 30.3 Å². The number of hydrogen-bond donors (Lipinski definition) is 0. The van der Waals surface area contributed by atoms with Gasteiger partial charge in [0.1, 0.15) is 12.4 Å². The van der Waals surface area contributed by atoms with Crippen molar-refractivity contribution in [2.45, 2.75) is 18.8 Å². The molecule has 27 heavy (non-hydrogen) atoms. The second kappa shape index (κ2) is 7.61. The van der Waals surface area contributed by atoms with Gasteiger partial charge in [-0.2, -0.15) is 18.3 Å². The van der Waals surface area contributed by atoms with E-state index in [-0.39, 0.29) is 0 Å². The van der Waals surface area contributed by atoms with Crippen molar-refractivity contribution in [3.8, 4) is 0 Å². The number of rotatable bonds is 5. The van der Waals surface area contributed by atoms with Crippen LogP contribution in [0.15, 0.2) is 66.9 Å². The summed E-state index contributed by atoms with van der Waals surface area (Å²) in [4.78, 5) is 12.3. The number of ether oxygens (including phenoxy) is 1. The van der Waals surface area contributed by atoms with Crippen molar-refractivity contribution in [2.24, 2.45) is 0 Å². The molecule has 0 saturated carbocycles. The molecule has 0 radical (unpaired) electrons. The molecule has 1 heterocycles. The van der Waals surface area contributed by atoms with Gasteiger partial charge in [0.25, 0.3) is 0 Å². The average molecular weight is 378 g/mol. The third kappa shape index (κ3) is 4.72. The van der Waals surface area contributed by atoms with Crippen molar-refractivity contribution in [3.05, 3.63) is 89.5 Å². The van der Waals surface area contributed by atoms with Crippen molar-refractivity contribution >= 4 is 5.97 Å². The van der Waals surface area contributed by atoms with E-state index < -0.39 is 36.3 Å². The number of hydrogen-bond acceptors (Lipinski definition) is 3. The molecule has 0 bridgehead atoms. The molecule has 1 atom stereocenters. The van der Waals surface area contributed by atoms with Crippen LogP contribution in [0.5, 0.6) is 0 Å². The summed E-state index contributed by atoms with van der Waals surface area (Å²) in [5, 5.41) is 3.33. The molecule has 1 aromatic heterocycles. The van der Waals surface area contributed by atoms with Crippen LogP contribution in [-0.4, -0.2) is 15.7 Å². The summed E-state index contributed by atoms with van der Waals surface area (Å²) >= 11 is 0. The van der Waals surface area contributed by atoms with Crippen LogP contribution in [0.2, 0.25) is 0 Å². The average Bonchev–Trinajstić information content (AvgIpc) is 3.10. The smallest absolute Gasteiger partial charge is 0.435 e. The number of carbonyl (C=O) groups excluding carboxylic acids is 1. The highest BCUT2D eigenvalue weighted by Gasteiger charge is 2.33. The fourth-order valence-corrected chi connectivity index (χ4v) is 2.50. The van der Waals surface area contributed by atoms with Gasteiger partial charge in [-0.1, -0.05) is 42.5 Å². The molecule has 0 fully saturated rings. The standard InChI is InChI=1S/C19H14F4N2O2/c20-15-8-6-14(7-9-15)18(13-4-2-1-3-5-13)27-17(26)12-25-11-10-16(24-25)19(21,22)23/h1-11,18H,12H2/t18-/m1/s1. The first kappa shape index (κ1) is 18.6. The highest BCUT2D eigenvalue weighted by Crippen LogP contribution is 2.28. The summed E-state index contributed by atoms with van der Waals surface area (Å²) < 4.78 is 57.3. The highest BCUT2D eigenvalue weighted by atomic mass is 19.4. The molecule has 2 aromatic carbocycles. The minimum Gasteiger partial charge on any atom is -0.451 e. The maximum Gasteiger partial charge on any atom is 0.435 e. The van der Waals surface area contributed by atoms with Crippen LogP contribution < -0.4 is 0 Å². The quantitative estimate of drug-likeness (QED) is 0.489. The van der Waals surface area contributed by atoms with Crippen LogP contribution in [0.3, 0.4) is 0 Å². The minimum atomic E-state index is -4.59. The van der Waals surface area contributed by atoms with Gasteiger partial charge in [-0.05, 0) is 29.3 Å². The van der Waals surface area contributed by atoms with Crippen LogP contribution in [0.25, 0.3) is 0 Å². The van der Waals surface area contributed by atoms with Gasteiger partial charge in [0.05, 0.1) is 0 Å². The lowest BCUT2D eigenvalue weighted by Crippen LogP contribution is -2.19. The summed E-state index contributed by atoms with van der Waals surface area (Å²) in [5.74, 6) is -1.21. The van der Waals surface area contributed by atoms with E-state index in [9.17, 15) is 22.4 Å². The number of carbonyl (C=O) groups is 1. The predicted octanol–water partition coefficient (Wildman–Crippen LogP) is 4.37. The molecule has 0 aliphatic rings. The molecule has 0 unspecified atom stereocenters. The summed E-state index contributed by atoms with van der Waals surface area (Å²) in [6.45, 7) is -0.486. The molecule has 0 saturated heterocycles. The SMILES string of the molecule is O=C(Cn1ccc(C(F)(F)F)n1)O[C@H](c1ccccc1)c1ccc(F)cc1. The topological polar surface area (TPSA) is 44.1 Å². The van der Waals surface area contributed by atoms with Crippen molar-refractivity contribution < 1.29 is 27.1 Å². The lowest BCUT2D eigenvalue weighted by molar-refractivity contribution is -0.149. The van der Waals surface area contributed by atoms with E-state index in [1.165, 1.54) is 24.3 Å². The van der Waals surface area contributed by atoms with Gasteiger partial charge in [-0.3, -0.25) is 9.48 Å². The second-order valence-electron chi connectivity index (χ2n) is 5.73. The number of aromatic nitrogens is 2. The Morgan fingerprint density at radius 3 is 2.22 bits per heavy atom. The van der Waals surface area contributed by atoms with Gasteiger partial charge in [0.2, 0.25) is 0 Å². The summed E-state index contributed by atoms with van der Waals surface area (Å²) in [7, 11) is 0. The largest absolute Gasteiger partial charge is 0.451 e. The maximum atomic E-state index is 13.2. The van der Waals surface area contributed by atoms with Crippen LogP contribution >= 0.6 is 0 Å².